The van der Waals surface area contributed by atoms with E-state index in [0.29, 0.717) is 6.61 Å². The Kier molecular flexibility index (Phi) is 4.50. The van der Waals surface area contributed by atoms with Gasteiger partial charge in [-0.15, -0.1) is 0 Å². The van der Waals surface area contributed by atoms with E-state index in [-0.39, 0.29) is 20.7 Å². The van der Waals surface area contributed by atoms with Gasteiger partial charge in [0.05, 0.1) is 0 Å². The van der Waals surface area contributed by atoms with Gasteiger partial charge in [-0.1, -0.05) is 0 Å². The van der Waals surface area contributed by atoms with Crippen LogP contribution in [0.25, 0.3) is 0 Å². The fraction of sp³-hybridized carbons (Fsp3) is 0.250. The number of benzene rings is 1. The molecule has 0 saturated carbocycles. The summed E-state index contributed by atoms with van der Waals surface area (Å²) < 4.78 is 7.82. The summed E-state index contributed by atoms with van der Waals surface area (Å²) >= 11 is 0.279. The molecule has 0 aliphatic heterocycles. The Morgan fingerprint density at radius 3 is 2.89 bits per heavy atom. The van der Waals surface area contributed by atoms with Crippen LogP contribution in [0.15, 0.2) is 36.5 Å². The zero-order valence-corrected chi connectivity index (χ0v) is 11.7. The fourth-order valence-electron chi connectivity index (χ4n) is 1.32. The quantitative estimate of drug-likeness (QED) is 0.594. The van der Waals surface area contributed by atoms with Gasteiger partial charge in [0.2, 0.25) is 0 Å². The first-order chi connectivity index (χ1) is 8.79. The summed E-state index contributed by atoms with van der Waals surface area (Å²) in [5.41, 5.74) is 1.02. The first-order valence-corrected chi connectivity index (χ1v) is 7.61. The van der Waals surface area contributed by atoms with Gasteiger partial charge in [0.25, 0.3) is 0 Å². The molecule has 0 spiro atoms. The molecule has 0 saturated heterocycles. The molecule has 0 atom stereocenters. The predicted octanol–water partition coefficient (Wildman–Crippen LogP) is 0.442. The zero-order valence-electron chi connectivity index (χ0n) is 9.94. The van der Waals surface area contributed by atoms with Crippen molar-refractivity contribution in [2.45, 2.75) is 12.4 Å². The molecule has 0 aliphatic rings. The zero-order chi connectivity index (χ0) is 12.8. The minimum atomic E-state index is -0.420. The van der Waals surface area contributed by atoms with Crippen LogP contribution in [0.4, 0.5) is 0 Å². The fourth-order valence-corrected chi connectivity index (χ4v) is 2.91. The molecule has 0 fully saturated rings. The van der Waals surface area contributed by atoms with Crippen molar-refractivity contribution in [2.24, 2.45) is 0 Å². The Labute approximate surface area is 111 Å². The van der Waals surface area contributed by atoms with Crippen LogP contribution < -0.4 is 4.46 Å². The molecule has 0 unspecified atom stereocenters. The first kappa shape index (κ1) is 12.8. The molecule has 0 aliphatic carbocycles. The van der Waals surface area contributed by atoms with Crippen LogP contribution in [-0.4, -0.2) is 42.5 Å². The number of aromatic nitrogens is 3. The Morgan fingerprint density at radius 2 is 2.17 bits per heavy atom. The van der Waals surface area contributed by atoms with Gasteiger partial charge in [0.15, 0.2) is 0 Å². The van der Waals surface area contributed by atoms with Crippen molar-refractivity contribution in [3.05, 3.63) is 42.2 Å². The Balaban J connectivity index is 1.93. The molecule has 0 N–H and O–H groups in total. The number of nitrogens with zero attached hydrogens (tertiary/aromatic N) is 3. The van der Waals surface area contributed by atoms with Crippen molar-refractivity contribution in [3.8, 4) is 0 Å². The SMILES string of the molecule is CCOC(=O)c1cn(C[Se]c2ccccc2)nn1. The van der Waals surface area contributed by atoms with Gasteiger partial charge < -0.3 is 0 Å². The number of carbonyl (C=O) groups is 1. The van der Waals surface area contributed by atoms with Crippen molar-refractivity contribution in [1.29, 1.82) is 0 Å². The van der Waals surface area contributed by atoms with Crippen LogP contribution in [-0.2, 0) is 10.2 Å². The van der Waals surface area contributed by atoms with Crippen LogP contribution in [0.1, 0.15) is 17.4 Å². The summed E-state index contributed by atoms with van der Waals surface area (Å²) in [6.45, 7) is 2.11. The third kappa shape index (κ3) is 3.42. The summed E-state index contributed by atoms with van der Waals surface area (Å²) in [4.78, 5) is 11.4. The predicted molar refractivity (Wildman–Crippen MR) is 67.8 cm³/mol. The van der Waals surface area contributed by atoms with E-state index in [2.05, 4.69) is 22.4 Å². The molecular formula is C12H13N3O2Se. The maximum atomic E-state index is 11.4. The van der Waals surface area contributed by atoms with E-state index in [0.717, 1.165) is 5.44 Å². The molecule has 6 heteroatoms. The molecule has 0 radical (unpaired) electrons. The number of hydrogen-bond donors (Lipinski definition) is 0. The molecular weight excluding hydrogens is 297 g/mol. The van der Waals surface area contributed by atoms with Crippen LogP contribution >= 0.6 is 0 Å². The minimum absolute atomic E-state index is 0.265. The van der Waals surface area contributed by atoms with Gasteiger partial charge in [-0.25, -0.2) is 0 Å². The molecule has 2 rings (SSSR count). The van der Waals surface area contributed by atoms with E-state index in [1.54, 1.807) is 17.8 Å². The maximum absolute atomic E-state index is 11.4. The third-order valence-electron chi connectivity index (χ3n) is 2.13. The van der Waals surface area contributed by atoms with Crippen molar-refractivity contribution in [1.82, 2.24) is 15.0 Å². The van der Waals surface area contributed by atoms with Crippen molar-refractivity contribution < 1.29 is 9.53 Å². The number of ether oxygens (including phenoxy) is 1. The van der Waals surface area contributed by atoms with Gasteiger partial charge in [-0.3, -0.25) is 0 Å². The molecule has 5 nitrogen and oxygen atoms in total. The van der Waals surface area contributed by atoms with E-state index in [1.807, 2.05) is 18.2 Å². The van der Waals surface area contributed by atoms with E-state index >= 15 is 0 Å². The normalized spacial score (nSPS) is 10.3. The van der Waals surface area contributed by atoms with Gasteiger partial charge >= 0.3 is 111 Å². The number of carbonyl (C=O) groups excluding carboxylic acids is 1. The van der Waals surface area contributed by atoms with Crippen molar-refractivity contribution >= 4 is 25.4 Å². The standard InChI is InChI=1S/C12H13N3O2Se/c1-2-17-12(16)11-8-15(14-13-11)9-18-10-6-4-3-5-7-10/h3-8H,2,9H2,1H3. The Hall–Kier alpha value is -1.65. The molecule has 1 heterocycles. The summed E-state index contributed by atoms with van der Waals surface area (Å²) in [6, 6.07) is 10.2. The summed E-state index contributed by atoms with van der Waals surface area (Å²) in [5, 5.41) is 7.71. The van der Waals surface area contributed by atoms with Crippen LogP contribution in [0.2, 0.25) is 0 Å². The average Bonchev–Trinajstić information content (AvgIpc) is 2.87. The van der Waals surface area contributed by atoms with Gasteiger partial charge in [0.1, 0.15) is 0 Å². The van der Waals surface area contributed by atoms with E-state index in [4.69, 9.17) is 4.74 Å². The second-order valence-corrected chi connectivity index (χ2v) is 5.59. The van der Waals surface area contributed by atoms with Crippen LogP contribution in [0, 0.1) is 0 Å². The monoisotopic (exact) mass is 311 g/mol. The molecule has 18 heavy (non-hydrogen) atoms. The third-order valence-corrected chi connectivity index (χ3v) is 4.23. The first-order valence-electron chi connectivity index (χ1n) is 5.54. The van der Waals surface area contributed by atoms with E-state index in [9.17, 15) is 4.79 Å². The second-order valence-electron chi connectivity index (χ2n) is 3.45. The van der Waals surface area contributed by atoms with Crippen molar-refractivity contribution in [3.63, 3.8) is 0 Å². The van der Waals surface area contributed by atoms with Gasteiger partial charge in [0, 0.05) is 0 Å². The van der Waals surface area contributed by atoms with Gasteiger partial charge in [-0.05, 0) is 0 Å². The molecule has 0 bridgehead atoms. The molecule has 2 aromatic rings. The summed E-state index contributed by atoms with van der Waals surface area (Å²) in [7, 11) is 0. The molecule has 1 aromatic heterocycles. The van der Waals surface area contributed by atoms with E-state index in [1.165, 1.54) is 4.46 Å². The molecule has 0 amide bonds. The van der Waals surface area contributed by atoms with Crippen molar-refractivity contribution in [2.75, 3.05) is 6.61 Å². The second kappa shape index (κ2) is 6.33. The molecule has 94 valence electrons. The molecule has 1 aromatic carbocycles. The van der Waals surface area contributed by atoms with Gasteiger partial charge in [-0.2, -0.15) is 0 Å². The number of hydrogen-bond acceptors (Lipinski definition) is 4. The summed E-state index contributed by atoms with van der Waals surface area (Å²) in [5.74, 6) is -0.420. The van der Waals surface area contributed by atoms with Crippen LogP contribution in [0.5, 0.6) is 0 Å². The van der Waals surface area contributed by atoms with Crippen LogP contribution in [0.3, 0.4) is 0 Å². The number of rotatable bonds is 5. The van der Waals surface area contributed by atoms with E-state index < -0.39 is 5.97 Å². The average molecular weight is 310 g/mol. The Bertz CT molecular complexity index is 513. The Morgan fingerprint density at radius 1 is 1.39 bits per heavy atom. The summed E-state index contributed by atoms with van der Waals surface area (Å²) in [6.07, 6.45) is 1.63. The topological polar surface area (TPSA) is 57.0 Å². The number of esters is 1.